The van der Waals surface area contributed by atoms with E-state index in [1.807, 2.05) is 0 Å². The predicted molar refractivity (Wildman–Crippen MR) is 70.0 cm³/mol. The summed E-state index contributed by atoms with van der Waals surface area (Å²) in [7, 11) is 2.88. The van der Waals surface area contributed by atoms with Gasteiger partial charge in [-0.2, -0.15) is 0 Å². The number of carbonyl (C=O) groups excluding carboxylic acids is 1. The second kappa shape index (κ2) is 6.45. The zero-order valence-corrected chi connectivity index (χ0v) is 11.6. The maximum Gasteiger partial charge on any atom is 0.246 e. The second-order valence-corrected chi connectivity index (χ2v) is 4.32. The molecule has 0 saturated carbocycles. The monoisotopic (exact) mass is 296 g/mol. The quantitative estimate of drug-likeness (QED) is 0.796. The first kappa shape index (κ1) is 15.1. The fraction of sp³-hybridized carbons (Fsp3) is 0.286. The first-order chi connectivity index (χ1) is 10.0. The van der Waals surface area contributed by atoms with Gasteiger partial charge in [-0.3, -0.25) is 9.63 Å². The lowest BCUT2D eigenvalue weighted by Gasteiger charge is -2.12. The zero-order valence-electron chi connectivity index (χ0n) is 11.6. The number of aryl methyl sites for hydroxylation is 1. The molecule has 5 nitrogen and oxygen atoms in total. The summed E-state index contributed by atoms with van der Waals surface area (Å²) in [6.07, 6.45) is 1.75. The van der Waals surface area contributed by atoms with Crippen molar-refractivity contribution in [3.63, 3.8) is 0 Å². The van der Waals surface area contributed by atoms with E-state index in [1.54, 1.807) is 0 Å². The normalized spacial score (nSPS) is 10.7. The van der Waals surface area contributed by atoms with Gasteiger partial charge in [-0.15, -0.1) is 0 Å². The van der Waals surface area contributed by atoms with Crippen LogP contribution in [0.15, 0.2) is 28.8 Å². The van der Waals surface area contributed by atoms with E-state index in [9.17, 15) is 13.6 Å². The highest BCUT2D eigenvalue weighted by Gasteiger charge is 2.14. The number of benzene rings is 1. The Labute approximate surface area is 120 Å². The summed E-state index contributed by atoms with van der Waals surface area (Å²) < 4.78 is 31.8. The summed E-state index contributed by atoms with van der Waals surface area (Å²) in [5.74, 6) is -1.14. The first-order valence-electron chi connectivity index (χ1n) is 6.22. The van der Waals surface area contributed by atoms with Gasteiger partial charge in [-0.05, 0) is 12.1 Å². The standard InChI is InChI=1S/C14H14F2N2O3/c1-18(20-2)14(19)6-5-13-17-8-12(21-13)10-4-3-9(15)7-11(10)16/h3-4,7-8H,5-6H2,1-2H3. The molecule has 1 amide bonds. The van der Waals surface area contributed by atoms with Gasteiger partial charge in [-0.25, -0.2) is 18.8 Å². The van der Waals surface area contributed by atoms with Crippen LogP contribution in [0.25, 0.3) is 11.3 Å². The third-order valence-electron chi connectivity index (χ3n) is 2.93. The van der Waals surface area contributed by atoms with E-state index in [1.165, 1.54) is 26.4 Å². The van der Waals surface area contributed by atoms with Crippen LogP contribution < -0.4 is 0 Å². The minimum atomic E-state index is -0.729. The molecule has 1 heterocycles. The van der Waals surface area contributed by atoms with Crippen LogP contribution in [0.3, 0.4) is 0 Å². The van der Waals surface area contributed by atoms with Crippen molar-refractivity contribution in [2.75, 3.05) is 14.2 Å². The van der Waals surface area contributed by atoms with Crippen molar-refractivity contribution >= 4 is 5.91 Å². The maximum absolute atomic E-state index is 13.6. The molecule has 0 bridgehead atoms. The van der Waals surface area contributed by atoms with Crippen LogP contribution in [0.5, 0.6) is 0 Å². The Balaban J connectivity index is 2.06. The third-order valence-corrected chi connectivity index (χ3v) is 2.93. The number of rotatable bonds is 5. The van der Waals surface area contributed by atoms with Crippen LogP contribution in [0.1, 0.15) is 12.3 Å². The van der Waals surface area contributed by atoms with Crippen LogP contribution in [0.4, 0.5) is 8.78 Å². The van der Waals surface area contributed by atoms with E-state index >= 15 is 0 Å². The SMILES string of the molecule is CON(C)C(=O)CCc1ncc(-c2ccc(F)cc2F)o1. The number of oxazole rings is 1. The molecule has 0 spiro atoms. The van der Waals surface area contributed by atoms with Crippen molar-refractivity contribution in [2.24, 2.45) is 0 Å². The summed E-state index contributed by atoms with van der Waals surface area (Å²) in [6.45, 7) is 0. The lowest BCUT2D eigenvalue weighted by atomic mass is 10.2. The van der Waals surface area contributed by atoms with Crippen molar-refractivity contribution < 1.29 is 22.8 Å². The molecule has 2 aromatic rings. The highest BCUT2D eigenvalue weighted by Crippen LogP contribution is 2.24. The number of hydroxylamine groups is 2. The molecule has 21 heavy (non-hydrogen) atoms. The number of carbonyl (C=O) groups is 1. The molecule has 0 N–H and O–H groups in total. The van der Waals surface area contributed by atoms with Crippen molar-refractivity contribution in [3.05, 3.63) is 41.9 Å². The van der Waals surface area contributed by atoms with Crippen LogP contribution in [0.2, 0.25) is 0 Å². The van der Waals surface area contributed by atoms with Crippen molar-refractivity contribution in [3.8, 4) is 11.3 Å². The Kier molecular flexibility index (Phi) is 4.64. The van der Waals surface area contributed by atoms with Crippen LogP contribution in [0, 0.1) is 11.6 Å². The van der Waals surface area contributed by atoms with Gasteiger partial charge in [-0.1, -0.05) is 0 Å². The van der Waals surface area contributed by atoms with E-state index in [-0.39, 0.29) is 30.1 Å². The highest BCUT2D eigenvalue weighted by molar-refractivity contribution is 5.74. The summed E-state index contributed by atoms with van der Waals surface area (Å²) >= 11 is 0. The van der Waals surface area contributed by atoms with Gasteiger partial charge in [0.05, 0.1) is 18.9 Å². The van der Waals surface area contributed by atoms with Gasteiger partial charge in [0.1, 0.15) is 11.6 Å². The summed E-state index contributed by atoms with van der Waals surface area (Å²) in [6, 6.07) is 3.19. The van der Waals surface area contributed by atoms with E-state index in [0.717, 1.165) is 17.2 Å². The van der Waals surface area contributed by atoms with Gasteiger partial charge in [0.2, 0.25) is 5.91 Å². The van der Waals surface area contributed by atoms with Crippen LogP contribution in [-0.2, 0) is 16.1 Å². The topological polar surface area (TPSA) is 55.6 Å². The van der Waals surface area contributed by atoms with Gasteiger partial charge >= 0.3 is 0 Å². The van der Waals surface area contributed by atoms with Crippen LogP contribution >= 0.6 is 0 Å². The first-order valence-corrected chi connectivity index (χ1v) is 6.22. The van der Waals surface area contributed by atoms with E-state index < -0.39 is 11.6 Å². The number of aromatic nitrogens is 1. The molecular formula is C14H14F2N2O3. The average molecular weight is 296 g/mol. The molecule has 1 aromatic carbocycles. The zero-order chi connectivity index (χ0) is 15.4. The van der Waals surface area contributed by atoms with E-state index in [2.05, 4.69) is 4.98 Å². The Bertz CT molecular complexity index is 643. The summed E-state index contributed by atoms with van der Waals surface area (Å²) in [5, 5.41) is 1.10. The second-order valence-electron chi connectivity index (χ2n) is 4.32. The fourth-order valence-corrected chi connectivity index (χ4v) is 1.71. The lowest BCUT2D eigenvalue weighted by molar-refractivity contribution is -0.168. The maximum atomic E-state index is 13.6. The smallest absolute Gasteiger partial charge is 0.246 e. The Morgan fingerprint density at radius 2 is 2.19 bits per heavy atom. The number of nitrogens with zero attached hydrogens (tertiary/aromatic N) is 2. The predicted octanol–water partition coefficient (Wildman–Crippen LogP) is 2.57. The Morgan fingerprint density at radius 1 is 1.43 bits per heavy atom. The molecule has 0 saturated heterocycles. The Morgan fingerprint density at radius 3 is 2.86 bits per heavy atom. The molecule has 112 valence electrons. The number of amides is 1. The Hall–Kier alpha value is -2.28. The van der Waals surface area contributed by atoms with Crippen molar-refractivity contribution in [1.82, 2.24) is 10.0 Å². The van der Waals surface area contributed by atoms with Crippen molar-refractivity contribution in [1.29, 1.82) is 0 Å². The average Bonchev–Trinajstić information content (AvgIpc) is 2.92. The molecule has 2 rings (SSSR count). The highest BCUT2D eigenvalue weighted by atomic mass is 19.1. The van der Waals surface area contributed by atoms with E-state index in [4.69, 9.17) is 9.25 Å². The molecule has 0 unspecified atom stereocenters. The van der Waals surface area contributed by atoms with Gasteiger partial charge in [0.15, 0.2) is 11.7 Å². The summed E-state index contributed by atoms with van der Waals surface area (Å²) in [5.41, 5.74) is 0.121. The largest absolute Gasteiger partial charge is 0.441 e. The number of hydrogen-bond acceptors (Lipinski definition) is 4. The molecule has 0 aliphatic carbocycles. The van der Waals surface area contributed by atoms with E-state index in [0.29, 0.717) is 5.89 Å². The minimum Gasteiger partial charge on any atom is -0.441 e. The number of hydrogen-bond donors (Lipinski definition) is 0. The molecule has 0 fully saturated rings. The molecule has 1 aromatic heterocycles. The number of halogens is 2. The van der Waals surface area contributed by atoms with Gasteiger partial charge < -0.3 is 4.42 Å². The van der Waals surface area contributed by atoms with Crippen molar-refractivity contribution in [2.45, 2.75) is 12.8 Å². The van der Waals surface area contributed by atoms with Crippen LogP contribution in [-0.4, -0.2) is 30.1 Å². The molecule has 7 heteroatoms. The van der Waals surface area contributed by atoms with Gasteiger partial charge in [0.25, 0.3) is 0 Å². The fourth-order valence-electron chi connectivity index (χ4n) is 1.71. The molecule has 0 aliphatic heterocycles. The third kappa shape index (κ3) is 3.63. The molecule has 0 atom stereocenters. The minimum absolute atomic E-state index is 0.121. The lowest BCUT2D eigenvalue weighted by Crippen LogP contribution is -2.25. The molecular weight excluding hydrogens is 282 g/mol. The summed E-state index contributed by atoms with van der Waals surface area (Å²) in [4.78, 5) is 20.3. The van der Waals surface area contributed by atoms with Gasteiger partial charge in [0, 0.05) is 26.0 Å². The molecule has 0 radical (unpaired) electrons. The molecule has 0 aliphatic rings.